The van der Waals surface area contributed by atoms with Gasteiger partial charge in [-0.25, -0.2) is 4.98 Å². The lowest BCUT2D eigenvalue weighted by Crippen LogP contribution is -2.36. The fourth-order valence-electron chi connectivity index (χ4n) is 3.48. The lowest BCUT2D eigenvalue weighted by molar-refractivity contribution is -0.141. The monoisotopic (exact) mass is 452 g/mol. The summed E-state index contributed by atoms with van der Waals surface area (Å²) in [5.41, 5.74) is 1.68. The Hall–Kier alpha value is -3.70. The third-order valence-corrected chi connectivity index (χ3v) is 5.17. The maximum Gasteiger partial charge on any atom is 0.433 e. The molecule has 33 heavy (non-hydrogen) atoms. The second kappa shape index (κ2) is 10.7. The van der Waals surface area contributed by atoms with Crippen LogP contribution >= 0.6 is 0 Å². The number of hydrogen-bond donors (Lipinski definition) is 2. The van der Waals surface area contributed by atoms with Crippen LogP contribution in [-0.2, 0) is 17.4 Å². The van der Waals surface area contributed by atoms with Gasteiger partial charge < -0.3 is 10.6 Å². The molecule has 3 aromatic rings. The summed E-state index contributed by atoms with van der Waals surface area (Å²) >= 11 is 0. The number of amides is 1. The standard InChI is InChI=1S/C25H23F3N4O/c1-30-24(33)23(18-6-3-2-4-7-18)31-15-5-8-19-13-14-21(25(26,27)28)32-22(19)20-11-9-17(16-29)10-12-20/h2-4,6-7,9-14,23,31H,5,8,15H2,1H3,(H,30,33). The van der Waals surface area contributed by atoms with Crippen LogP contribution in [-0.4, -0.2) is 24.5 Å². The summed E-state index contributed by atoms with van der Waals surface area (Å²) in [5, 5.41) is 14.8. The number of rotatable bonds is 8. The second-order valence-corrected chi connectivity index (χ2v) is 7.41. The molecule has 2 aromatic carbocycles. The minimum Gasteiger partial charge on any atom is -0.358 e. The summed E-state index contributed by atoms with van der Waals surface area (Å²) in [6.07, 6.45) is -3.52. The Labute approximate surface area is 190 Å². The number of aryl methyl sites for hydroxylation is 1. The summed E-state index contributed by atoms with van der Waals surface area (Å²) in [6.45, 7) is 0.473. The fraction of sp³-hybridized carbons (Fsp3) is 0.240. The lowest BCUT2D eigenvalue weighted by atomic mass is 10.00. The van der Waals surface area contributed by atoms with Gasteiger partial charge in [0, 0.05) is 12.6 Å². The lowest BCUT2D eigenvalue weighted by Gasteiger charge is -2.18. The third kappa shape index (κ3) is 6.18. The van der Waals surface area contributed by atoms with Gasteiger partial charge in [0.25, 0.3) is 0 Å². The minimum atomic E-state index is -4.56. The molecule has 1 unspecified atom stereocenters. The number of hydrogen-bond acceptors (Lipinski definition) is 4. The number of carbonyl (C=O) groups excluding carboxylic acids is 1. The maximum atomic E-state index is 13.2. The SMILES string of the molecule is CNC(=O)C(NCCCc1ccc(C(F)(F)F)nc1-c1ccc(C#N)cc1)c1ccccc1. The van der Waals surface area contributed by atoms with Crippen molar-refractivity contribution in [3.05, 3.63) is 89.1 Å². The normalized spacial score (nSPS) is 12.1. The number of halogens is 3. The molecule has 170 valence electrons. The third-order valence-electron chi connectivity index (χ3n) is 5.17. The van der Waals surface area contributed by atoms with Crippen molar-refractivity contribution in [2.45, 2.75) is 25.1 Å². The summed E-state index contributed by atoms with van der Waals surface area (Å²) in [6, 6.07) is 19.5. The molecule has 1 amide bonds. The average molecular weight is 452 g/mol. The molecule has 1 aromatic heterocycles. The molecule has 0 aliphatic rings. The Morgan fingerprint density at radius 1 is 1.06 bits per heavy atom. The van der Waals surface area contributed by atoms with Crippen LogP contribution < -0.4 is 10.6 Å². The summed E-state index contributed by atoms with van der Waals surface area (Å²) in [4.78, 5) is 16.2. The molecular formula is C25H23F3N4O. The van der Waals surface area contributed by atoms with E-state index < -0.39 is 17.9 Å². The molecule has 1 atom stereocenters. The fourth-order valence-corrected chi connectivity index (χ4v) is 3.48. The van der Waals surface area contributed by atoms with Gasteiger partial charge in [-0.15, -0.1) is 0 Å². The second-order valence-electron chi connectivity index (χ2n) is 7.41. The zero-order chi connectivity index (χ0) is 23.8. The number of carbonyl (C=O) groups is 1. The van der Waals surface area contributed by atoms with Gasteiger partial charge in [-0.1, -0.05) is 48.5 Å². The highest BCUT2D eigenvalue weighted by Crippen LogP contribution is 2.31. The van der Waals surface area contributed by atoms with Crippen molar-refractivity contribution < 1.29 is 18.0 Å². The summed E-state index contributed by atoms with van der Waals surface area (Å²) < 4.78 is 39.7. The van der Waals surface area contributed by atoms with Crippen LogP contribution in [0.2, 0.25) is 0 Å². The molecule has 0 saturated carbocycles. The van der Waals surface area contributed by atoms with Crippen LogP contribution in [0.1, 0.15) is 34.8 Å². The number of benzene rings is 2. The first-order chi connectivity index (χ1) is 15.8. The van der Waals surface area contributed by atoms with E-state index in [2.05, 4.69) is 15.6 Å². The van der Waals surface area contributed by atoms with Crippen LogP contribution in [0.25, 0.3) is 11.3 Å². The highest BCUT2D eigenvalue weighted by atomic mass is 19.4. The van der Waals surface area contributed by atoms with Crippen molar-refractivity contribution in [3.8, 4) is 17.3 Å². The topological polar surface area (TPSA) is 77.8 Å². The molecular weight excluding hydrogens is 429 g/mol. The zero-order valence-electron chi connectivity index (χ0n) is 18.0. The van der Waals surface area contributed by atoms with E-state index in [0.717, 1.165) is 11.6 Å². The number of alkyl halides is 3. The van der Waals surface area contributed by atoms with E-state index in [-0.39, 0.29) is 11.6 Å². The molecule has 0 saturated heterocycles. The van der Waals surface area contributed by atoms with Crippen molar-refractivity contribution in [1.29, 1.82) is 5.26 Å². The zero-order valence-corrected chi connectivity index (χ0v) is 18.0. The van der Waals surface area contributed by atoms with E-state index in [0.29, 0.717) is 36.1 Å². The van der Waals surface area contributed by atoms with Crippen LogP contribution in [0.4, 0.5) is 13.2 Å². The van der Waals surface area contributed by atoms with E-state index in [4.69, 9.17) is 5.26 Å². The van der Waals surface area contributed by atoms with Crippen LogP contribution in [0, 0.1) is 11.3 Å². The first-order valence-electron chi connectivity index (χ1n) is 10.4. The van der Waals surface area contributed by atoms with E-state index in [1.54, 1.807) is 31.3 Å². The molecule has 0 aliphatic carbocycles. The van der Waals surface area contributed by atoms with Gasteiger partial charge in [-0.3, -0.25) is 4.79 Å². The molecule has 0 fully saturated rings. The number of pyridine rings is 1. The molecule has 2 N–H and O–H groups in total. The molecule has 8 heteroatoms. The number of nitrogens with one attached hydrogen (secondary N) is 2. The average Bonchev–Trinajstić information content (AvgIpc) is 2.83. The van der Waals surface area contributed by atoms with E-state index in [1.807, 2.05) is 36.4 Å². The highest BCUT2D eigenvalue weighted by molar-refractivity contribution is 5.82. The predicted molar refractivity (Wildman–Crippen MR) is 119 cm³/mol. The molecule has 0 aliphatic heterocycles. The summed E-state index contributed by atoms with van der Waals surface area (Å²) in [7, 11) is 1.57. The quantitative estimate of drug-likeness (QED) is 0.488. The Morgan fingerprint density at radius 2 is 1.76 bits per heavy atom. The maximum absolute atomic E-state index is 13.2. The Kier molecular flexibility index (Phi) is 7.80. The van der Waals surface area contributed by atoms with Crippen LogP contribution in [0.5, 0.6) is 0 Å². The van der Waals surface area contributed by atoms with E-state index in [1.165, 1.54) is 6.07 Å². The van der Waals surface area contributed by atoms with Gasteiger partial charge in [-0.05, 0) is 48.7 Å². The molecule has 1 heterocycles. The predicted octanol–water partition coefficient (Wildman–Crippen LogP) is 4.65. The van der Waals surface area contributed by atoms with Crippen molar-refractivity contribution in [3.63, 3.8) is 0 Å². The molecule has 0 bridgehead atoms. The van der Waals surface area contributed by atoms with Gasteiger partial charge in [0.15, 0.2) is 0 Å². The van der Waals surface area contributed by atoms with Crippen LogP contribution in [0.15, 0.2) is 66.7 Å². The van der Waals surface area contributed by atoms with E-state index >= 15 is 0 Å². The number of likely N-dealkylation sites (N-methyl/N-ethyl adjacent to an activating group) is 1. The van der Waals surface area contributed by atoms with Gasteiger partial charge in [0.05, 0.1) is 17.3 Å². The van der Waals surface area contributed by atoms with Crippen LogP contribution in [0.3, 0.4) is 0 Å². The largest absolute Gasteiger partial charge is 0.433 e. The van der Waals surface area contributed by atoms with Gasteiger partial charge >= 0.3 is 6.18 Å². The van der Waals surface area contributed by atoms with Gasteiger partial charge in [-0.2, -0.15) is 18.4 Å². The van der Waals surface area contributed by atoms with Crippen molar-refractivity contribution >= 4 is 5.91 Å². The van der Waals surface area contributed by atoms with Gasteiger partial charge in [0.2, 0.25) is 5.91 Å². The molecule has 0 spiro atoms. The van der Waals surface area contributed by atoms with Gasteiger partial charge in [0.1, 0.15) is 11.7 Å². The van der Waals surface area contributed by atoms with Crippen molar-refractivity contribution in [2.75, 3.05) is 13.6 Å². The molecule has 0 radical (unpaired) electrons. The summed E-state index contributed by atoms with van der Waals surface area (Å²) in [5.74, 6) is -0.171. The molecule has 3 rings (SSSR count). The minimum absolute atomic E-state index is 0.171. The van der Waals surface area contributed by atoms with E-state index in [9.17, 15) is 18.0 Å². The smallest absolute Gasteiger partial charge is 0.358 e. The Morgan fingerprint density at radius 3 is 2.36 bits per heavy atom. The Balaban J connectivity index is 1.77. The van der Waals surface area contributed by atoms with Crippen molar-refractivity contribution in [2.24, 2.45) is 0 Å². The number of nitriles is 1. The number of nitrogens with zero attached hydrogens (tertiary/aromatic N) is 2. The number of aromatic nitrogens is 1. The molecule has 5 nitrogen and oxygen atoms in total. The first-order valence-corrected chi connectivity index (χ1v) is 10.4. The first kappa shape index (κ1) is 24.0. The Bertz CT molecular complexity index is 1120. The van der Waals surface area contributed by atoms with Crippen molar-refractivity contribution in [1.82, 2.24) is 15.6 Å². The highest BCUT2D eigenvalue weighted by Gasteiger charge is 2.33.